The minimum atomic E-state index is -3.88. The van der Waals surface area contributed by atoms with Crippen LogP contribution >= 0.6 is 11.6 Å². The molecule has 0 spiro atoms. The number of hydrogen-bond donors (Lipinski definition) is 2. The molecular weight excluding hydrogens is 352 g/mol. The molecule has 8 heteroatoms. The predicted octanol–water partition coefficient (Wildman–Crippen LogP) is 3.21. The van der Waals surface area contributed by atoms with Crippen LogP contribution in [0.1, 0.15) is 15.9 Å². The third-order valence-electron chi connectivity index (χ3n) is 3.47. The fourth-order valence-corrected chi connectivity index (χ4v) is 3.80. The van der Waals surface area contributed by atoms with Gasteiger partial charge in [0.15, 0.2) is 0 Å². The van der Waals surface area contributed by atoms with E-state index in [1.54, 1.807) is 44.1 Å². The second kappa shape index (κ2) is 6.70. The van der Waals surface area contributed by atoms with Crippen LogP contribution in [0.3, 0.4) is 0 Å². The summed E-state index contributed by atoms with van der Waals surface area (Å²) >= 11 is 5.97. The number of carboxylic acid groups (broad SMARTS) is 1. The van der Waals surface area contributed by atoms with Gasteiger partial charge >= 0.3 is 5.97 Å². The van der Waals surface area contributed by atoms with E-state index in [1.807, 2.05) is 0 Å². The Morgan fingerprint density at radius 2 is 1.88 bits per heavy atom. The van der Waals surface area contributed by atoms with Crippen LogP contribution < -0.4 is 9.62 Å². The molecule has 0 aliphatic heterocycles. The van der Waals surface area contributed by atoms with Crippen LogP contribution in [-0.2, 0) is 10.0 Å². The van der Waals surface area contributed by atoms with Crippen molar-refractivity contribution in [2.45, 2.75) is 11.8 Å². The van der Waals surface area contributed by atoms with E-state index in [4.69, 9.17) is 11.6 Å². The van der Waals surface area contributed by atoms with E-state index in [2.05, 4.69) is 4.72 Å². The molecule has 24 heavy (non-hydrogen) atoms. The number of nitrogens with zero attached hydrogens (tertiary/aromatic N) is 1. The number of rotatable bonds is 5. The van der Waals surface area contributed by atoms with E-state index in [-0.39, 0.29) is 16.1 Å². The standard InChI is InChI=1S/C16H17ClN2O4S/c1-10-13(17)5-4-6-15(10)24(22,23)18-11-7-8-14(19(2)3)12(9-11)16(20)21/h4-9,18H,1-3H3,(H,20,21). The maximum Gasteiger partial charge on any atom is 0.337 e. The summed E-state index contributed by atoms with van der Waals surface area (Å²) in [4.78, 5) is 13.1. The highest BCUT2D eigenvalue weighted by atomic mass is 35.5. The Morgan fingerprint density at radius 3 is 2.46 bits per heavy atom. The third kappa shape index (κ3) is 3.63. The van der Waals surface area contributed by atoms with Crippen molar-refractivity contribution in [3.63, 3.8) is 0 Å². The number of aromatic carboxylic acids is 1. The third-order valence-corrected chi connectivity index (χ3v) is 5.40. The summed E-state index contributed by atoms with van der Waals surface area (Å²) in [5, 5.41) is 9.65. The monoisotopic (exact) mass is 368 g/mol. The molecule has 0 heterocycles. The summed E-state index contributed by atoms with van der Waals surface area (Å²) in [5.74, 6) is -1.14. The Hall–Kier alpha value is -2.25. The van der Waals surface area contributed by atoms with Gasteiger partial charge in [0, 0.05) is 24.8 Å². The van der Waals surface area contributed by atoms with Gasteiger partial charge in [-0.2, -0.15) is 0 Å². The van der Waals surface area contributed by atoms with Crippen LogP contribution in [0, 0.1) is 6.92 Å². The molecule has 2 N–H and O–H groups in total. The van der Waals surface area contributed by atoms with Gasteiger partial charge in [-0.25, -0.2) is 13.2 Å². The lowest BCUT2D eigenvalue weighted by Crippen LogP contribution is -2.17. The number of halogens is 1. The maximum atomic E-state index is 12.5. The van der Waals surface area contributed by atoms with Crippen molar-refractivity contribution in [3.8, 4) is 0 Å². The van der Waals surface area contributed by atoms with Gasteiger partial charge < -0.3 is 10.0 Å². The first kappa shape index (κ1) is 18.1. The van der Waals surface area contributed by atoms with Gasteiger partial charge in [0.2, 0.25) is 0 Å². The van der Waals surface area contributed by atoms with Gasteiger partial charge in [-0.05, 0) is 42.8 Å². The van der Waals surface area contributed by atoms with E-state index in [0.29, 0.717) is 16.3 Å². The van der Waals surface area contributed by atoms with Crippen molar-refractivity contribution in [1.29, 1.82) is 0 Å². The van der Waals surface area contributed by atoms with Gasteiger partial charge in [0.05, 0.1) is 16.1 Å². The van der Waals surface area contributed by atoms with Crippen LogP contribution in [0.2, 0.25) is 5.02 Å². The smallest absolute Gasteiger partial charge is 0.337 e. The minimum absolute atomic E-state index is 0.00279. The summed E-state index contributed by atoms with van der Waals surface area (Å²) in [6, 6.07) is 8.93. The van der Waals surface area contributed by atoms with Gasteiger partial charge in [-0.3, -0.25) is 4.72 Å². The molecule has 0 saturated carbocycles. The molecule has 2 rings (SSSR count). The zero-order valence-corrected chi connectivity index (χ0v) is 14.9. The Kier molecular flexibility index (Phi) is 5.05. The summed E-state index contributed by atoms with van der Waals surface area (Å²) in [7, 11) is -0.464. The van der Waals surface area contributed by atoms with Crippen molar-refractivity contribution in [3.05, 3.63) is 52.5 Å². The molecule has 0 unspecified atom stereocenters. The van der Waals surface area contributed by atoms with Crippen LogP contribution in [-0.4, -0.2) is 33.6 Å². The number of anilines is 2. The number of sulfonamides is 1. The first-order valence-electron chi connectivity index (χ1n) is 6.96. The van der Waals surface area contributed by atoms with Gasteiger partial charge in [0.1, 0.15) is 0 Å². The highest BCUT2D eigenvalue weighted by Gasteiger charge is 2.20. The normalized spacial score (nSPS) is 11.2. The lowest BCUT2D eigenvalue weighted by molar-refractivity contribution is 0.0697. The Balaban J connectivity index is 2.45. The molecule has 0 fully saturated rings. The lowest BCUT2D eigenvalue weighted by Gasteiger charge is -2.17. The molecule has 0 saturated heterocycles. The zero-order chi connectivity index (χ0) is 18.1. The van der Waals surface area contributed by atoms with E-state index < -0.39 is 16.0 Å². The molecule has 128 valence electrons. The van der Waals surface area contributed by atoms with Gasteiger partial charge in [0.25, 0.3) is 10.0 Å². The second-order valence-corrected chi connectivity index (χ2v) is 7.46. The number of benzene rings is 2. The Labute approximate surface area is 145 Å². The minimum Gasteiger partial charge on any atom is -0.478 e. The van der Waals surface area contributed by atoms with E-state index in [9.17, 15) is 18.3 Å². The summed E-state index contributed by atoms with van der Waals surface area (Å²) in [5.41, 5.74) is 1.07. The highest BCUT2D eigenvalue weighted by Crippen LogP contribution is 2.27. The number of hydrogen-bond acceptors (Lipinski definition) is 4. The van der Waals surface area contributed by atoms with Crippen molar-refractivity contribution < 1.29 is 18.3 Å². The van der Waals surface area contributed by atoms with Crippen LogP contribution in [0.4, 0.5) is 11.4 Å². The summed E-state index contributed by atoms with van der Waals surface area (Å²) in [6.07, 6.45) is 0. The topological polar surface area (TPSA) is 86.7 Å². The number of carbonyl (C=O) groups is 1. The molecule has 0 amide bonds. The fourth-order valence-electron chi connectivity index (χ4n) is 2.25. The summed E-state index contributed by atoms with van der Waals surface area (Å²) < 4.78 is 27.5. The number of carboxylic acids is 1. The predicted molar refractivity (Wildman–Crippen MR) is 94.7 cm³/mol. The Morgan fingerprint density at radius 1 is 1.21 bits per heavy atom. The van der Waals surface area contributed by atoms with Crippen molar-refractivity contribution in [2.24, 2.45) is 0 Å². The molecule has 0 radical (unpaired) electrons. The fraction of sp³-hybridized carbons (Fsp3) is 0.188. The summed E-state index contributed by atoms with van der Waals surface area (Å²) in [6.45, 7) is 1.61. The quantitative estimate of drug-likeness (QED) is 0.846. The van der Waals surface area contributed by atoms with Gasteiger partial charge in [-0.1, -0.05) is 17.7 Å². The van der Waals surface area contributed by atoms with Crippen molar-refractivity contribution in [2.75, 3.05) is 23.7 Å². The van der Waals surface area contributed by atoms with Crippen molar-refractivity contribution >= 4 is 39.0 Å². The van der Waals surface area contributed by atoms with E-state index >= 15 is 0 Å². The van der Waals surface area contributed by atoms with Crippen LogP contribution in [0.25, 0.3) is 0 Å². The number of nitrogens with one attached hydrogen (secondary N) is 1. The molecule has 2 aromatic rings. The highest BCUT2D eigenvalue weighted by molar-refractivity contribution is 7.92. The second-order valence-electron chi connectivity index (χ2n) is 5.40. The van der Waals surface area contributed by atoms with Crippen molar-refractivity contribution in [1.82, 2.24) is 0 Å². The van der Waals surface area contributed by atoms with E-state index in [0.717, 1.165) is 0 Å². The molecule has 0 aromatic heterocycles. The lowest BCUT2D eigenvalue weighted by atomic mass is 10.1. The zero-order valence-electron chi connectivity index (χ0n) is 13.4. The largest absolute Gasteiger partial charge is 0.478 e. The Bertz CT molecular complexity index is 895. The molecule has 0 aliphatic carbocycles. The molecule has 0 atom stereocenters. The van der Waals surface area contributed by atoms with Crippen LogP contribution in [0.15, 0.2) is 41.3 Å². The average Bonchev–Trinajstić information content (AvgIpc) is 2.49. The molecule has 2 aromatic carbocycles. The maximum absolute atomic E-state index is 12.5. The molecule has 0 aliphatic rings. The molecule has 6 nitrogen and oxygen atoms in total. The average molecular weight is 369 g/mol. The first-order chi connectivity index (χ1) is 11.1. The SMILES string of the molecule is Cc1c(Cl)cccc1S(=O)(=O)Nc1ccc(N(C)C)c(C(=O)O)c1. The van der Waals surface area contributed by atoms with Gasteiger partial charge in [-0.15, -0.1) is 0 Å². The molecule has 0 bridgehead atoms. The molecular formula is C16H17ClN2O4S. The van der Waals surface area contributed by atoms with E-state index in [1.165, 1.54) is 18.2 Å². The van der Waals surface area contributed by atoms with Crippen LogP contribution in [0.5, 0.6) is 0 Å². The first-order valence-corrected chi connectivity index (χ1v) is 8.82.